The van der Waals surface area contributed by atoms with E-state index >= 15 is 0 Å². The monoisotopic (exact) mass is 462 g/mol. The highest BCUT2D eigenvalue weighted by atomic mass is 14.0. The SMILES string of the molecule is C(/C=C/C=C/c1ccc(/C=C/c2ccccc2)cc1)=C\C=C\c1ccc(/C=C/c2ccccc2)cc1. The van der Waals surface area contributed by atoms with E-state index in [4.69, 9.17) is 0 Å². The maximum absolute atomic E-state index is 2.14. The summed E-state index contributed by atoms with van der Waals surface area (Å²) in [4.78, 5) is 0. The molecular formula is C36H30. The molecule has 0 aliphatic carbocycles. The molecule has 0 N–H and O–H groups in total. The van der Waals surface area contributed by atoms with Gasteiger partial charge in [0.2, 0.25) is 0 Å². The van der Waals surface area contributed by atoms with Gasteiger partial charge in [0.1, 0.15) is 0 Å². The first-order chi connectivity index (χ1) is 17.8. The van der Waals surface area contributed by atoms with E-state index in [1.807, 2.05) is 36.4 Å². The van der Waals surface area contributed by atoms with E-state index in [1.165, 1.54) is 33.4 Å². The van der Waals surface area contributed by atoms with Crippen molar-refractivity contribution in [3.63, 3.8) is 0 Å². The van der Waals surface area contributed by atoms with Crippen molar-refractivity contribution in [2.45, 2.75) is 0 Å². The fraction of sp³-hybridized carbons (Fsp3) is 0. The van der Waals surface area contributed by atoms with Gasteiger partial charge in [0.05, 0.1) is 0 Å². The van der Waals surface area contributed by atoms with Crippen LogP contribution in [0.15, 0.2) is 146 Å². The van der Waals surface area contributed by atoms with Crippen molar-refractivity contribution >= 4 is 36.5 Å². The number of rotatable bonds is 9. The standard InChI is InChI=1S/C36H30/c1(3-7-17-33-21-27-35(28-22-33)25-19-31-13-9-5-10-14-31)2-4-8-18-34-23-29-36(30-24-34)26-20-32-15-11-6-12-16-32/h1-30H/b3-1+,4-2+,17-7+,18-8+,25-19+,26-20+. The van der Waals surface area contributed by atoms with Gasteiger partial charge < -0.3 is 0 Å². The van der Waals surface area contributed by atoms with Crippen LogP contribution in [-0.4, -0.2) is 0 Å². The molecule has 0 radical (unpaired) electrons. The number of allylic oxidation sites excluding steroid dienone is 6. The van der Waals surface area contributed by atoms with Crippen molar-refractivity contribution in [2.75, 3.05) is 0 Å². The van der Waals surface area contributed by atoms with Crippen molar-refractivity contribution in [2.24, 2.45) is 0 Å². The predicted octanol–water partition coefficient (Wildman–Crippen LogP) is 9.87. The molecule has 4 aromatic carbocycles. The first-order valence-corrected chi connectivity index (χ1v) is 12.2. The van der Waals surface area contributed by atoms with Gasteiger partial charge in [-0.1, -0.05) is 182 Å². The summed E-state index contributed by atoms with van der Waals surface area (Å²) in [5.74, 6) is 0. The van der Waals surface area contributed by atoms with Crippen LogP contribution < -0.4 is 0 Å². The normalized spacial score (nSPS) is 12.3. The van der Waals surface area contributed by atoms with E-state index in [0.29, 0.717) is 0 Å². The molecule has 0 bridgehead atoms. The van der Waals surface area contributed by atoms with Gasteiger partial charge in [0, 0.05) is 0 Å². The molecule has 0 heterocycles. The average molecular weight is 463 g/mol. The zero-order chi connectivity index (χ0) is 24.7. The third-order valence-electron chi connectivity index (χ3n) is 5.54. The van der Waals surface area contributed by atoms with Gasteiger partial charge in [-0.15, -0.1) is 0 Å². The molecule has 0 aliphatic heterocycles. The first-order valence-electron chi connectivity index (χ1n) is 12.2. The number of hydrogen-bond donors (Lipinski definition) is 0. The molecule has 0 unspecified atom stereocenters. The van der Waals surface area contributed by atoms with Gasteiger partial charge in [-0.05, 0) is 33.4 Å². The molecular weight excluding hydrogens is 432 g/mol. The van der Waals surface area contributed by atoms with Crippen molar-refractivity contribution in [3.8, 4) is 0 Å². The molecule has 0 aliphatic rings. The molecule has 36 heavy (non-hydrogen) atoms. The summed E-state index contributed by atoms with van der Waals surface area (Å²) in [5.41, 5.74) is 7.17. The molecule has 0 spiro atoms. The van der Waals surface area contributed by atoms with Crippen LogP contribution >= 0.6 is 0 Å². The Morgan fingerprint density at radius 2 is 0.472 bits per heavy atom. The lowest BCUT2D eigenvalue weighted by Crippen LogP contribution is -1.75. The molecule has 0 saturated heterocycles. The maximum atomic E-state index is 2.14. The first kappa shape index (κ1) is 24.4. The largest absolute Gasteiger partial charge is 0.0623 e. The lowest BCUT2D eigenvalue weighted by molar-refractivity contribution is 1.61. The highest BCUT2D eigenvalue weighted by Crippen LogP contribution is 2.12. The van der Waals surface area contributed by atoms with Gasteiger partial charge in [-0.2, -0.15) is 0 Å². The van der Waals surface area contributed by atoms with Gasteiger partial charge >= 0.3 is 0 Å². The fourth-order valence-corrected chi connectivity index (χ4v) is 3.54. The third-order valence-corrected chi connectivity index (χ3v) is 5.54. The lowest BCUT2D eigenvalue weighted by Gasteiger charge is -1.96. The summed E-state index contributed by atoms with van der Waals surface area (Å²) in [6.07, 6.45) is 25.0. The van der Waals surface area contributed by atoms with E-state index in [0.717, 1.165) is 0 Å². The van der Waals surface area contributed by atoms with Gasteiger partial charge in [-0.3, -0.25) is 0 Å². The molecule has 0 atom stereocenters. The Kier molecular flexibility index (Phi) is 9.43. The van der Waals surface area contributed by atoms with Crippen LogP contribution in [0.3, 0.4) is 0 Å². The molecule has 0 heteroatoms. The molecule has 0 amide bonds. The minimum atomic E-state index is 1.18. The maximum Gasteiger partial charge on any atom is -0.0256 e. The second-order valence-electron chi connectivity index (χ2n) is 8.31. The molecule has 0 nitrogen and oxygen atoms in total. The van der Waals surface area contributed by atoms with Crippen LogP contribution in [0.5, 0.6) is 0 Å². The summed E-state index contributed by atoms with van der Waals surface area (Å²) < 4.78 is 0. The van der Waals surface area contributed by atoms with Gasteiger partial charge in [0.25, 0.3) is 0 Å². The van der Waals surface area contributed by atoms with E-state index in [1.54, 1.807) is 0 Å². The van der Waals surface area contributed by atoms with Crippen molar-refractivity contribution < 1.29 is 0 Å². The van der Waals surface area contributed by atoms with Crippen LogP contribution in [0, 0.1) is 0 Å². The van der Waals surface area contributed by atoms with Crippen LogP contribution in [0.2, 0.25) is 0 Å². The Morgan fingerprint density at radius 3 is 0.806 bits per heavy atom. The molecule has 174 valence electrons. The average Bonchev–Trinajstić information content (AvgIpc) is 2.94. The summed E-state index contributed by atoms with van der Waals surface area (Å²) in [6, 6.07) is 37.8. The molecule has 0 fully saturated rings. The minimum absolute atomic E-state index is 1.18. The van der Waals surface area contributed by atoms with Gasteiger partial charge in [0.15, 0.2) is 0 Å². The Hall–Kier alpha value is -4.68. The Balaban J connectivity index is 1.20. The topological polar surface area (TPSA) is 0 Å². The molecule has 0 saturated carbocycles. The van der Waals surface area contributed by atoms with Crippen LogP contribution in [0.1, 0.15) is 33.4 Å². The number of benzene rings is 4. The fourth-order valence-electron chi connectivity index (χ4n) is 3.54. The second kappa shape index (κ2) is 13.9. The van der Waals surface area contributed by atoms with Crippen LogP contribution in [0.4, 0.5) is 0 Å². The zero-order valence-electron chi connectivity index (χ0n) is 20.3. The number of hydrogen-bond acceptors (Lipinski definition) is 0. The van der Waals surface area contributed by atoms with Gasteiger partial charge in [-0.25, -0.2) is 0 Å². The summed E-state index contributed by atoms with van der Waals surface area (Å²) >= 11 is 0. The quantitative estimate of drug-likeness (QED) is 0.171. The minimum Gasteiger partial charge on any atom is -0.0623 e. The summed E-state index contributed by atoms with van der Waals surface area (Å²) in [7, 11) is 0. The predicted molar refractivity (Wildman–Crippen MR) is 160 cm³/mol. The molecule has 0 aromatic heterocycles. The Bertz CT molecular complexity index is 1250. The second-order valence-corrected chi connectivity index (χ2v) is 8.31. The van der Waals surface area contributed by atoms with Crippen molar-refractivity contribution in [1.29, 1.82) is 0 Å². The van der Waals surface area contributed by atoms with E-state index in [9.17, 15) is 0 Å². The zero-order valence-corrected chi connectivity index (χ0v) is 20.3. The smallest absolute Gasteiger partial charge is 0.0256 e. The third kappa shape index (κ3) is 8.59. The summed E-state index contributed by atoms with van der Waals surface area (Å²) in [5, 5.41) is 0. The molecule has 4 rings (SSSR count). The highest BCUT2D eigenvalue weighted by Gasteiger charge is 1.90. The van der Waals surface area contributed by atoms with Crippen LogP contribution in [0.25, 0.3) is 36.5 Å². The molecule has 4 aromatic rings. The van der Waals surface area contributed by atoms with Crippen molar-refractivity contribution in [1.82, 2.24) is 0 Å². The van der Waals surface area contributed by atoms with E-state index in [2.05, 4.69) is 146 Å². The van der Waals surface area contributed by atoms with E-state index < -0.39 is 0 Å². The highest BCUT2D eigenvalue weighted by molar-refractivity contribution is 5.71. The van der Waals surface area contributed by atoms with Crippen molar-refractivity contribution in [3.05, 3.63) is 179 Å². The Morgan fingerprint density at radius 1 is 0.222 bits per heavy atom. The Labute approximate surface area is 215 Å². The van der Waals surface area contributed by atoms with Crippen LogP contribution in [-0.2, 0) is 0 Å². The summed E-state index contributed by atoms with van der Waals surface area (Å²) in [6.45, 7) is 0. The lowest BCUT2D eigenvalue weighted by atomic mass is 10.1. The van der Waals surface area contributed by atoms with E-state index in [-0.39, 0.29) is 0 Å².